The Kier molecular flexibility index (Phi) is 4.92. The molecule has 1 heterocycles. The van der Waals surface area contributed by atoms with Crippen molar-refractivity contribution in [2.24, 2.45) is 0 Å². The number of benzene rings is 1. The highest BCUT2D eigenvalue weighted by molar-refractivity contribution is 5.90. The van der Waals surface area contributed by atoms with Gasteiger partial charge in [0.1, 0.15) is 6.26 Å². The summed E-state index contributed by atoms with van der Waals surface area (Å²) in [5, 5.41) is 11.8. The summed E-state index contributed by atoms with van der Waals surface area (Å²) in [6.07, 6.45) is 6.81. The predicted octanol–water partition coefficient (Wildman–Crippen LogP) is 3.11. The fourth-order valence-electron chi connectivity index (χ4n) is 2.49. The standard InChI is InChI=1S/C17H21N3O3/c21-11-2-1-10-20(15-7-8-15)17(22)19-14-5-3-13(4-6-14)16-18-9-12-23-16/h3-6,9,12,15,21H,1-2,7-8,10-11H2,(H,19,22). The van der Waals surface area contributed by atoms with Gasteiger partial charge in [-0.1, -0.05) is 0 Å². The zero-order valence-electron chi connectivity index (χ0n) is 12.9. The van der Waals surface area contributed by atoms with Crippen LogP contribution in [-0.4, -0.2) is 40.2 Å². The molecule has 0 radical (unpaired) electrons. The summed E-state index contributed by atoms with van der Waals surface area (Å²) in [6, 6.07) is 7.70. The number of hydrogen-bond acceptors (Lipinski definition) is 4. The topological polar surface area (TPSA) is 78.6 Å². The first-order chi connectivity index (χ1) is 11.3. The molecule has 2 aromatic rings. The molecule has 0 bridgehead atoms. The number of urea groups is 1. The van der Waals surface area contributed by atoms with Crippen LogP contribution in [0.15, 0.2) is 41.1 Å². The van der Waals surface area contributed by atoms with E-state index in [-0.39, 0.29) is 12.6 Å². The third kappa shape index (κ3) is 4.10. The van der Waals surface area contributed by atoms with Gasteiger partial charge >= 0.3 is 6.03 Å². The van der Waals surface area contributed by atoms with Crippen LogP contribution in [-0.2, 0) is 0 Å². The molecule has 0 atom stereocenters. The molecule has 1 aliphatic rings. The molecule has 23 heavy (non-hydrogen) atoms. The lowest BCUT2D eigenvalue weighted by molar-refractivity contribution is 0.204. The molecular formula is C17H21N3O3. The van der Waals surface area contributed by atoms with E-state index in [4.69, 9.17) is 9.52 Å². The maximum Gasteiger partial charge on any atom is 0.322 e. The minimum Gasteiger partial charge on any atom is -0.445 e. The van der Waals surface area contributed by atoms with Crippen molar-refractivity contribution in [1.29, 1.82) is 0 Å². The lowest BCUT2D eigenvalue weighted by atomic mass is 10.2. The van der Waals surface area contributed by atoms with Gasteiger partial charge in [0.05, 0.1) is 6.20 Å². The van der Waals surface area contributed by atoms with Gasteiger partial charge in [0.2, 0.25) is 5.89 Å². The largest absolute Gasteiger partial charge is 0.445 e. The molecule has 2 amide bonds. The summed E-state index contributed by atoms with van der Waals surface area (Å²) in [6.45, 7) is 0.855. The molecule has 0 saturated heterocycles. The Bertz CT molecular complexity index is 621. The fraction of sp³-hybridized carbons (Fsp3) is 0.412. The molecular weight excluding hydrogens is 294 g/mol. The predicted molar refractivity (Wildman–Crippen MR) is 87.0 cm³/mol. The van der Waals surface area contributed by atoms with Gasteiger partial charge in [-0.15, -0.1) is 0 Å². The molecule has 1 fully saturated rings. The molecule has 122 valence electrons. The Morgan fingerprint density at radius 2 is 2.09 bits per heavy atom. The summed E-state index contributed by atoms with van der Waals surface area (Å²) in [4.78, 5) is 18.4. The number of nitrogens with zero attached hydrogens (tertiary/aromatic N) is 2. The Balaban J connectivity index is 1.59. The first-order valence-corrected chi connectivity index (χ1v) is 7.96. The van der Waals surface area contributed by atoms with Crippen LogP contribution in [0.2, 0.25) is 0 Å². The van der Waals surface area contributed by atoms with Crippen molar-refractivity contribution in [3.63, 3.8) is 0 Å². The van der Waals surface area contributed by atoms with E-state index in [9.17, 15) is 4.79 Å². The number of aliphatic hydroxyl groups is 1. The molecule has 0 aliphatic heterocycles. The number of amides is 2. The monoisotopic (exact) mass is 315 g/mol. The Morgan fingerprint density at radius 1 is 1.30 bits per heavy atom. The van der Waals surface area contributed by atoms with Crippen LogP contribution < -0.4 is 5.32 Å². The van der Waals surface area contributed by atoms with Crippen LogP contribution in [0.25, 0.3) is 11.5 Å². The van der Waals surface area contributed by atoms with Gasteiger partial charge in [0.25, 0.3) is 0 Å². The SMILES string of the molecule is O=C(Nc1ccc(-c2ncco2)cc1)N(CCCCO)C1CC1. The Morgan fingerprint density at radius 3 is 2.70 bits per heavy atom. The van der Waals surface area contributed by atoms with Crippen molar-refractivity contribution in [3.8, 4) is 11.5 Å². The molecule has 6 heteroatoms. The van der Waals surface area contributed by atoms with Crippen molar-refractivity contribution in [1.82, 2.24) is 9.88 Å². The van der Waals surface area contributed by atoms with Gasteiger partial charge in [-0.25, -0.2) is 9.78 Å². The lowest BCUT2D eigenvalue weighted by Crippen LogP contribution is -2.37. The third-order valence-corrected chi connectivity index (χ3v) is 3.87. The highest BCUT2D eigenvalue weighted by Gasteiger charge is 2.32. The molecule has 1 aromatic heterocycles. The number of carbonyl (C=O) groups excluding carboxylic acids is 1. The van der Waals surface area contributed by atoms with E-state index in [2.05, 4.69) is 10.3 Å². The number of carbonyl (C=O) groups is 1. The summed E-state index contributed by atoms with van der Waals surface area (Å²) >= 11 is 0. The van der Waals surface area contributed by atoms with E-state index in [1.165, 1.54) is 6.26 Å². The number of aliphatic hydroxyl groups excluding tert-OH is 1. The summed E-state index contributed by atoms with van der Waals surface area (Å²) < 4.78 is 5.25. The third-order valence-electron chi connectivity index (χ3n) is 3.87. The maximum absolute atomic E-state index is 12.4. The zero-order valence-corrected chi connectivity index (χ0v) is 12.9. The number of anilines is 1. The van der Waals surface area contributed by atoms with Crippen molar-refractivity contribution in [3.05, 3.63) is 36.7 Å². The van der Waals surface area contributed by atoms with E-state index in [1.807, 2.05) is 29.2 Å². The molecule has 1 aromatic carbocycles. The van der Waals surface area contributed by atoms with Gasteiger partial charge in [0, 0.05) is 30.4 Å². The van der Waals surface area contributed by atoms with E-state index in [0.29, 0.717) is 18.5 Å². The summed E-state index contributed by atoms with van der Waals surface area (Å²) in [5.74, 6) is 0.562. The molecule has 0 spiro atoms. The fourth-order valence-corrected chi connectivity index (χ4v) is 2.49. The first kappa shape index (κ1) is 15.6. The zero-order chi connectivity index (χ0) is 16.1. The molecule has 2 N–H and O–H groups in total. The van der Waals surface area contributed by atoms with E-state index in [0.717, 1.165) is 36.9 Å². The number of unbranched alkanes of at least 4 members (excludes halogenated alkanes) is 1. The number of hydrogen-bond donors (Lipinski definition) is 2. The molecule has 0 unspecified atom stereocenters. The van der Waals surface area contributed by atoms with Crippen LogP contribution in [0, 0.1) is 0 Å². The van der Waals surface area contributed by atoms with Gasteiger partial charge in [-0.05, 0) is 49.9 Å². The number of rotatable bonds is 7. The van der Waals surface area contributed by atoms with Crippen LogP contribution in [0.1, 0.15) is 25.7 Å². The van der Waals surface area contributed by atoms with Gasteiger partial charge in [0.15, 0.2) is 0 Å². The smallest absolute Gasteiger partial charge is 0.322 e. The van der Waals surface area contributed by atoms with Crippen LogP contribution in [0.5, 0.6) is 0 Å². The number of aromatic nitrogens is 1. The Labute approximate surface area is 135 Å². The minimum absolute atomic E-state index is 0.0747. The van der Waals surface area contributed by atoms with Crippen molar-refractivity contribution in [2.45, 2.75) is 31.7 Å². The van der Waals surface area contributed by atoms with Crippen molar-refractivity contribution < 1.29 is 14.3 Å². The van der Waals surface area contributed by atoms with Gasteiger partial charge < -0.3 is 19.7 Å². The average molecular weight is 315 g/mol. The van der Waals surface area contributed by atoms with E-state index in [1.54, 1.807) is 6.20 Å². The maximum atomic E-state index is 12.4. The molecule has 1 aliphatic carbocycles. The second-order valence-corrected chi connectivity index (χ2v) is 5.70. The summed E-state index contributed by atoms with van der Waals surface area (Å²) in [5.41, 5.74) is 1.62. The number of oxazole rings is 1. The average Bonchev–Trinajstić information content (AvgIpc) is 3.25. The molecule has 6 nitrogen and oxygen atoms in total. The van der Waals surface area contributed by atoms with Crippen LogP contribution >= 0.6 is 0 Å². The van der Waals surface area contributed by atoms with Crippen LogP contribution in [0.3, 0.4) is 0 Å². The van der Waals surface area contributed by atoms with Gasteiger partial charge in [-0.3, -0.25) is 0 Å². The molecule has 1 saturated carbocycles. The van der Waals surface area contributed by atoms with Crippen molar-refractivity contribution >= 4 is 11.7 Å². The highest BCUT2D eigenvalue weighted by Crippen LogP contribution is 2.28. The lowest BCUT2D eigenvalue weighted by Gasteiger charge is -2.22. The first-order valence-electron chi connectivity index (χ1n) is 7.96. The number of nitrogens with one attached hydrogen (secondary N) is 1. The van der Waals surface area contributed by atoms with E-state index < -0.39 is 0 Å². The Hall–Kier alpha value is -2.34. The normalized spacial score (nSPS) is 13.8. The highest BCUT2D eigenvalue weighted by atomic mass is 16.3. The minimum atomic E-state index is -0.0747. The molecule has 3 rings (SSSR count). The van der Waals surface area contributed by atoms with Gasteiger partial charge in [-0.2, -0.15) is 0 Å². The van der Waals surface area contributed by atoms with Crippen molar-refractivity contribution in [2.75, 3.05) is 18.5 Å². The quantitative estimate of drug-likeness (QED) is 0.770. The second kappa shape index (κ2) is 7.28. The summed E-state index contributed by atoms with van der Waals surface area (Å²) in [7, 11) is 0. The second-order valence-electron chi connectivity index (χ2n) is 5.70. The van der Waals surface area contributed by atoms with E-state index >= 15 is 0 Å². The van der Waals surface area contributed by atoms with Crippen LogP contribution in [0.4, 0.5) is 10.5 Å².